The summed E-state index contributed by atoms with van der Waals surface area (Å²) >= 11 is 3.44. The molecule has 2 aromatic rings. The Kier molecular flexibility index (Phi) is 3.90. The predicted molar refractivity (Wildman–Crippen MR) is 89.3 cm³/mol. The lowest BCUT2D eigenvalue weighted by Gasteiger charge is -2.19. The van der Waals surface area contributed by atoms with E-state index in [1.54, 1.807) is 6.07 Å². The molecule has 0 atom stereocenters. The number of aliphatic imine (C=N–C) groups is 1. The van der Waals surface area contributed by atoms with Crippen molar-refractivity contribution in [1.29, 1.82) is 0 Å². The summed E-state index contributed by atoms with van der Waals surface area (Å²) in [5.74, 6) is -0.625. The van der Waals surface area contributed by atoms with E-state index < -0.39 is 0 Å². The van der Waals surface area contributed by atoms with Crippen LogP contribution in [0.2, 0.25) is 0 Å². The van der Waals surface area contributed by atoms with Gasteiger partial charge >= 0.3 is 0 Å². The Morgan fingerprint density at radius 1 is 1.18 bits per heavy atom. The van der Waals surface area contributed by atoms with Crippen LogP contribution in [0.1, 0.15) is 18.1 Å². The van der Waals surface area contributed by atoms with Crippen LogP contribution in [0.4, 0.5) is 5.69 Å². The summed E-state index contributed by atoms with van der Waals surface area (Å²) < 4.78 is 0.868. The first kappa shape index (κ1) is 14.7. The maximum atomic E-state index is 12.3. The van der Waals surface area contributed by atoms with Gasteiger partial charge in [-0.25, -0.2) is 4.90 Å². The molecular weight excluding hydrogens is 344 g/mol. The van der Waals surface area contributed by atoms with E-state index in [9.17, 15) is 9.59 Å². The third-order valence-electron chi connectivity index (χ3n) is 3.44. The first-order valence-electron chi connectivity index (χ1n) is 6.81. The van der Waals surface area contributed by atoms with E-state index in [4.69, 9.17) is 0 Å². The van der Waals surface area contributed by atoms with Gasteiger partial charge < -0.3 is 0 Å². The van der Waals surface area contributed by atoms with Crippen LogP contribution in [0.15, 0.2) is 58.0 Å². The topological polar surface area (TPSA) is 49.7 Å². The standard InChI is InChI=1S/C17H13BrN2O2/c1-11(21)20-15-8-7-13(18)9-14(15)17(19-10-16(20)22)12-5-3-2-4-6-12/h2-9H,10H2,1H3. The Morgan fingerprint density at radius 2 is 1.91 bits per heavy atom. The molecule has 1 aliphatic heterocycles. The van der Waals surface area contributed by atoms with Crippen molar-refractivity contribution in [2.45, 2.75) is 6.92 Å². The summed E-state index contributed by atoms with van der Waals surface area (Å²) in [4.78, 5) is 29.8. The van der Waals surface area contributed by atoms with Crippen LogP contribution >= 0.6 is 15.9 Å². The van der Waals surface area contributed by atoms with Gasteiger partial charge in [0.1, 0.15) is 6.54 Å². The number of nitrogens with zero attached hydrogens (tertiary/aromatic N) is 2. The molecule has 4 nitrogen and oxygen atoms in total. The molecule has 0 N–H and O–H groups in total. The van der Waals surface area contributed by atoms with Crippen molar-refractivity contribution in [2.24, 2.45) is 4.99 Å². The number of fused-ring (bicyclic) bond motifs is 1. The number of rotatable bonds is 1. The Bertz CT molecular complexity index is 785. The molecule has 110 valence electrons. The molecule has 1 aliphatic rings. The van der Waals surface area contributed by atoms with Gasteiger partial charge in [0, 0.05) is 22.5 Å². The van der Waals surface area contributed by atoms with E-state index >= 15 is 0 Å². The maximum absolute atomic E-state index is 12.3. The largest absolute Gasteiger partial charge is 0.274 e. The third-order valence-corrected chi connectivity index (χ3v) is 3.93. The molecule has 5 heteroatoms. The van der Waals surface area contributed by atoms with Gasteiger partial charge in [-0.05, 0) is 18.2 Å². The van der Waals surface area contributed by atoms with Crippen molar-refractivity contribution in [2.75, 3.05) is 11.4 Å². The number of anilines is 1. The number of benzene rings is 2. The van der Waals surface area contributed by atoms with Gasteiger partial charge in [0.15, 0.2) is 0 Å². The summed E-state index contributed by atoms with van der Waals surface area (Å²) in [7, 11) is 0. The van der Waals surface area contributed by atoms with Crippen LogP contribution in [0.5, 0.6) is 0 Å². The molecule has 0 spiro atoms. The van der Waals surface area contributed by atoms with Crippen LogP contribution in [0, 0.1) is 0 Å². The van der Waals surface area contributed by atoms with Crippen molar-refractivity contribution >= 4 is 39.1 Å². The second kappa shape index (κ2) is 5.85. The number of benzodiazepines with no additional fused rings is 1. The average Bonchev–Trinajstić information content (AvgIpc) is 2.64. The van der Waals surface area contributed by atoms with E-state index in [0.29, 0.717) is 11.4 Å². The number of imide groups is 1. The van der Waals surface area contributed by atoms with Gasteiger partial charge in [-0.15, -0.1) is 0 Å². The number of carbonyl (C=O) groups is 2. The normalized spacial score (nSPS) is 14.2. The minimum Gasteiger partial charge on any atom is -0.274 e. The summed E-state index contributed by atoms with van der Waals surface area (Å²) in [5, 5.41) is 0. The minimum absolute atomic E-state index is 0.0455. The molecule has 0 radical (unpaired) electrons. The first-order valence-corrected chi connectivity index (χ1v) is 7.60. The van der Waals surface area contributed by atoms with E-state index in [1.807, 2.05) is 42.5 Å². The van der Waals surface area contributed by atoms with Crippen LogP contribution in [0.3, 0.4) is 0 Å². The molecule has 0 unspecified atom stereocenters. The third kappa shape index (κ3) is 2.60. The fourth-order valence-electron chi connectivity index (χ4n) is 2.52. The second-order valence-corrected chi connectivity index (χ2v) is 5.86. The van der Waals surface area contributed by atoms with Crippen LogP contribution in [0.25, 0.3) is 0 Å². The number of hydrogen-bond donors (Lipinski definition) is 0. The molecule has 0 saturated heterocycles. The number of amides is 2. The summed E-state index contributed by atoms with van der Waals surface area (Å²) in [6.07, 6.45) is 0. The smallest absolute Gasteiger partial charge is 0.255 e. The van der Waals surface area contributed by atoms with Gasteiger partial charge in [0.25, 0.3) is 5.91 Å². The lowest BCUT2D eigenvalue weighted by Crippen LogP contribution is -2.36. The Hall–Kier alpha value is -2.27. The lowest BCUT2D eigenvalue weighted by molar-refractivity contribution is -0.124. The molecule has 0 bridgehead atoms. The second-order valence-electron chi connectivity index (χ2n) is 4.94. The molecule has 2 amide bonds. The predicted octanol–water partition coefficient (Wildman–Crippen LogP) is 3.18. The molecule has 2 aromatic carbocycles. The molecule has 3 rings (SSSR count). The minimum atomic E-state index is -0.318. The van der Waals surface area contributed by atoms with Gasteiger partial charge in [-0.2, -0.15) is 0 Å². The highest BCUT2D eigenvalue weighted by Crippen LogP contribution is 2.29. The van der Waals surface area contributed by atoms with Gasteiger partial charge in [-0.3, -0.25) is 14.6 Å². The SMILES string of the molecule is CC(=O)N1C(=O)CN=C(c2ccccc2)c2cc(Br)ccc21. The number of halogens is 1. The van der Waals surface area contributed by atoms with E-state index in [2.05, 4.69) is 20.9 Å². The van der Waals surface area contributed by atoms with Crippen LogP contribution < -0.4 is 4.90 Å². The molecule has 0 fully saturated rings. The Labute approximate surface area is 136 Å². The fourth-order valence-corrected chi connectivity index (χ4v) is 2.88. The summed E-state index contributed by atoms with van der Waals surface area (Å²) in [5.41, 5.74) is 2.97. The fraction of sp³-hybridized carbons (Fsp3) is 0.118. The van der Waals surface area contributed by atoms with E-state index in [-0.39, 0.29) is 18.4 Å². The first-order chi connectivity index (χ1) is 10.6. The highest BCUT2D eigenvalue weighted by molar-refractivity contribution is 9.10. The highest BCUT2D eigenvalue weighted by atomic mass is 79.9. The van der Waals surface area contributed by atoms with Crippen molar-refractivity contribution < 1.29 is 9.59 Å². The van der Waals surface area contributed by atoms with Crippen molar-refractivity contribution in [3.63, 3.8) is 0 Å². The molecule has 0 aromatic heterocycles. The average molecular weight is 357 g/mol. The van der Waals surface area contributed by atoms with Crippen LogP contribution in [-0.2, 0) is 9.59 Å². The quantitative estimate of drug-likeness (QED) is 0.787. The summed E-state index contributed by atoms with van der Waals surface area (Å²) in [6.45, 7) is 1.34. The van der Waals surface area contributed by atoms with Crippen molar-refractivity contribution in [3.05, 3.63) is 64.1 Å². The molecular formula is C17H13BrN2O2. The molecule has 1 heterocycles. The summed E-state index contributed by atoms with van der Waals surface area (Å²) in [6, 6.07) is 15.1. The zero-order chi connectivity index (χ0) is 15.7. The van der Waals surface area contributed by atoms with E-state index in [0.717, 1.165) is 15.6 Å². The molecule has 0 aliphatic carbocycles. The maximum Gasteiger partial charge on any atom is 0.255 e. The van der Waals surface area contributed by atoms with Crippen LogP contribution in [-0.4, -0.2) is 24.1 Å². The zero-order valence-electron chi connectivity index (χ0n) is 11.9. The Morgan fingerprint density at radius 3 is 2.59 bits per heavy atom. The van der Waals surface area contributed by atoms with Gasteiger partial charge in [0.2, 0.25) is 5.91 Å². The number of carbonyl (C=O) groups excluding carboxylic acids is 2. The van der Waals surface area contributed by atoms with E-state index in [1.165, 1.54) is 11.8 Å². The highest BCUT2D eigenvalue weighted by Gasteiger charge is 2.27. The lowest BCUT2D eigenvalue weighted by atomic mass is 10.0. The monoisotopic (exact) mass is 356 g/mol. The van der Waals surface area contributed by atoms with Gasteiger partial charge in [-0.1, -0.05) is 46.3 Å². The zero-order valence-corrected chi connectivity index (χ0v) is 13.5. The molecule has 0 saturated carbocycles. The van der Waals surface area contributed by atoms with Crippen molar-refractivity contribution in [3.8, 4) is 0 Å². The van der Waals surface area contributed by atoms with Gasteiger partial charge in [0.05, 0.1) is 11.4 Å². The Balaban J connectivity index is 2.25. The van der Waals surface area contributed by atoms with Crippen molar-refractivity contribution in [1.82, 2.24) is 0 Å². The molecule has 22 heavy (non-hydrogen) atoms. The number of hydrogen-bond acceptors (Lipinski definition) is 3.